The topological polar surface area (TPSA) is 39.7 Å². The van der Waals surface area contributed by atoms with E-state index in [9.17, 15) is 0 Å². The van der Waals surface area contributed by atoms with Crippen LogP contribution in [-0.4, -0.2) is 44.1 Å². The monoisotopic (exact) mass is 304 g/mol. The molecule has 0 aliphatic heterocycles. The molecule has 0 saturated carbocycles. The zero-order valence-electron chi connectivity index (χ0n) is 14.8. The third-order valence-electron chi connectivity index (χ3n) is 3.89. The fourth-order valence-corrected chi connectivity index (χ4v) is 2.11. The predicted molar refractivity (Wildman–Crippen MR) is 96.2 cm³/mol. The van der Waals surface area contributed by atoms with Gasteiger partial charge in [0.25, 0.3) is 0 Å². The van der Waals surface area contributed by atoms with Crippen molar-refractivity contribution in [3.8, 4) is 0 Å². The lowest BCUT2D eigenvalue weighted by molar-refractivity contribution is 0.322. The highest BCUT2D eigenvalue weighted by atomic mass is 15.2. The minimum atomic E-state index is 0.423. The van der Waals surface area contributed by atoms with Gasteiger partial charge in [0.2, 0.25) is 0 Å². The van der Waals surface area contributed by atoms with Crippen molar-refractivity contribution in [2.45, 2.75) is 39.8 Å². The molecule has 124 valence electrons. The number of rotatable bonds is 8. The minimum Gasteiger partial charge on any atom is -0.356 e. The molecule has 1 aromatic carbocycles. The molecule has 1 rings (SSSR count). The Hall–Kier alpha value is -1.55. The second-order valence-electron chi connectivity index (χ2n) is 6.25. The van der Waals surface area contributed by atoms with Gasteiger partial charge in [0.1, 0.15) is 0 Å². The molecule has 0 aromatic heterocycles. The quantitative estimate of drug-likeness (QED) is 0.441. The smallest absolute Gasteiger partial charge is 0.191 e. The molecule has 0 aliphatic carbocycles. The standard InChI is InChI=1S/C18H32N4/c1-15(2)16(3)21-18(19-4)20-12-9-13-22(5)14-17-10-7-6-8-11-17/h6-8,10-11,15-16H,9,12-14H2,1-5H3,(H2,19,20,21). The van der Waals surface area contributed by atoms with Crippen LogP contribution in [0, 0.1) is 5.92 Å². The molecule has 1 unspecified atom stereocenters. The SMILES string of the molecule is CN=C(NCCCN(C)Cc1ccccc1)NC(C)C(C)C. The highest BCUT2D eigenvalue weighted by molar-refractivity contribution is 5.79. The van der Waals surface area contributed by atoms with Crippen LogP contribution >= 0.6 is 0 Å². The summed E-state index contributed by atoms with van der Waals surface area (Å²) in [6.07, 6.45) is 1.10. The van der Waals surface area contributed by atoms with Crippen molar-refractivity contribution in [2.75, 3.05) is 27.2 Å². The lowest BCUT2D eigenvalue weighted by Gasteiger charge is -2.21. The van der Waals surface area contributed by atoms with Crippen LogP contribution in [0.1, 0.15) is 32.8 Å². The van der Waals surface area contributed by atoms with Crippen LogP contribution < -0.4 is 10.6 Å². The molecule has 2 N–H and O–H groups in total. The number of aliphatic imine (C=N–C) groups is 1. The number of hydrogen-bond acceptors (Lipinski definition) is 2. The van der Waals surface area contributed by atoms with E-state index in [4.69, 9.17) is 0 Å². The van der Waals surface area contributed by atoms with Crippen molar-refractivity contribution in [1.29, 1.82) is 0 Å². The Kier molecular flexibility index (Phi) is 8.60. The van der Waals surface area contributed by atoms with Crippen molar-refractivity contribution in [2.24, 2.45) is 10.9 Å². The molecule has 0 fully saturated rings. The zero-order valence-corrected chi connectivity index (χ0v) is 14.8. The van der Waals surface area contributed by atoms with Crippen LogP contribution in [0.25, 0.3) is 0 Å². The number of nitrogens with one attached hydrogen (secondary N) is 2. The summed E-state index contributed by atoms with van der Waals surface area (Å²) in [5.41, 5.74) is 1.36. The van der Waals surface area contributed by atoms with Gasteiger partial charge >= 0.3 is 0 Å². The molecule has 1 aromatic rings. The molecule has 0 bridgehead atoms. The zero-order chi connectivity index (χ0) is 16.4. The molecule has 0 heterocycles. The van der Waals surface area contributed by atoms with E-state index in [1.54, 1.807) is 0 Å². The Morgan fingerprint density at radius 3 is 2.45 bits per heavy atom. The molecule has 0 spiro atoms. The van der Waals surface area contributed by atoms with Crippen LogP contribution in [0.3, 0.4) is 0 Å². The van der Waals surface area contributed by atoms with Gasteiger partial charge in [0.05, 0.1) is 0 Å². The second kappa shape index (κ2) is 10.2. The first-order valence-corrected chi connectivity index (χ1v) is 8.22. The first-order valence-electron chi connectivity index (χ1n) is 8.22. The number of guanidine groups is 1. The van der Waals surface area contributed by atoms with E-state index in [2.05, 4.69) is 78.7 Å². The van der Waals surface area contributed by atoms with Gasteiger partial charge in [0.15, 0.2) is 5.96 Å². The molecule has 0 amide bonds. The van der Waals surface area contributed by atoms with Crippen LogP contribution in [0.15, 0.2) is 35.3 Å². The van der Waals surface area contributed by atoms with Crippen molar-refractivity contribution >= 4 is 5.96 Å². The average molecular weight is 304 g/mol. The summed E-state index contributed by atoms with van der Waals surface area (Å²) in [5.74, 6) is 1.49. The molecule has 0 radical (unpaired) electrons. The van der Waals surface area contributed by atoms with Crippen LogP contribution in [0.2, 0.25) is 0 Å². The summed E-state index contributed by atoms with van der Waals surface area (Å²) in [7, 11) is 3.99. The van der Waals surface area contributed by atoms with E-state index in [1.165, 1.54) is 5.56 Å². The molecule has 4 nitrogen and oxygen atoms in total. The Labute approximate surface area is 136 Å². The first kappa shape index (κ1) is 18.5. The maximum atomic E-state index is 4.28. The van der Waals surface area contributed by atoms with Gasteiger partial charge in [-0.2, -0.15) is 0 Å². The summed E-state index contributed by atoms with van der Waals surface area (Å²) >= 11 is 0. The maximum absolute atomic E-state index is 4.28. The first-order chi connectivity index (χ1) is 10.5. The second-order valence-corrected chi connectivity index (χ2v) is 6.25. The third-order valence-corrected chi connectivity index (χ3v) is 3.89. The Morgan fingerprint density at radius 2 is 1.86 bits per heavy atom. The van der Waals surface area contributed by atoms with E-state index in [0.29, 0.717) is 12.0 Å². The van der Waals surface area contributed by atoms with Gasteiger partial charge in [-0.25, -0.2) is 0 Å². The van der Waals surface area contributed by atoms with Crippen molar-refractivity contribution < 1.29 is 0 Å². The van der Waals surface area contributed by atoms with Gasteiger partial charge in [0, 0.05) is 26.2 Å². The molecular formula is C18H32N4. The molecule has 22 heavy (non-hydrogen) atoms. The lowest BCUT2D eigenvalue weighted by Crippen LogP contribution is -2.44. The summed E-state index contributed by atoms with van der Waals surface area (Å²) in [5, 5.41) is 6.81. The Balaban J connectivity index is 2.20. The van der Waals surface area contributed by atoms with E-state index < -0.39 is 0 Å². The maximum Gasteiger partial charge on any atom is 0.191 e. The van der Waals surface area contributed by atoms with E-state index in [0.717, 1.165) is 32.0 Å². The van der Waals surface area contributed by atoms with Gasteiger partial charge in [-0.1, -0.05) is 44.2 Å². The Bertz CT molecular complexity index is 428. The predicted octanol–water partition coefficient (Wildman–Crippen LogP) is 2.72. The third kappa shape index (κ3) is 7.46. The van der Waals surface area contributed by atoms with Gasteiger partial charge in [-0.3, -0.25) is 4.99 Å². The largest absolute Gasteiger partial charge is 0.356 e. The normalized spacial score (nSPS) is 13.5. The van der Waals surface area contributed by atoms with Crippen LogP contribution in [-0.2, 0) is 6.54 Å². The molecule has 4 heteroatoms. The van der Waals surface area contributed by atoms with Crippen molar-refractivity contribution in [3.63, 3.8) is 0 Å². The van der Waals surface area contributed by atoms with Crippen molar-refractivity contribution in [3.05, 3.63) is 35.9 Å². The van der Waals surface area contributed by atoms with Gasteiger partial charge in [-0.15, -0.1) is 0 Å². The average Bonchev–Trinajstić information content (AvgIpc) is 2.50. The molecule has 1 atom stereocenters. The summed E-state index contributed by atoms with van der Waals surface area (Å²) in [4.78, 5) is 6.63. The fraction of sp³-hybridized carbons (Fsp3) is 0.611. The minimum absolute atomic E-state index is 0.423. The number of nitrogens with zero attached hydrogens (tertiary/aromatic N) is 2. The summed E-state index contributed by atoms with van der Waals surface area (Å²) in [6.45, 7) is 9.61. The van der Waals surface area contributed by atoms with Crippen LogP contribution in [0.4, 0.5) is 0 Å². The van der Waals surface area contributed by atoms with E-state index in [1.807, 2.05) is 7.05 Å². The summed E-state index contributed by atoms with van der Waals surface area (Å²) in [6, 6.07) is 11.0. The van der Waals surface area contributed by atoms with Crippen molar-refractivity contribution in [1.82, 2.24) is 15.5 Å². The van der Waals surface area contributed by atoms with Gasteiger partial charge in [-0.05, 0) is 38.4 Å². The Morgan fingerprint density at radius 1 is 1.18 bits per heavy atom. The van der Waals surface area contributed by atoms with Gasteiger partial charge < -0.3 is 15.5 Å². The fourth-order valence-electron chi connectivity index (χ4n) is 2.11. The summed E-state index contributed by atoms with van der Waals surface area (Å²) < 4.78 is 0. The van der Waals surface area contributed by atoms with E-state index in [-0.39, 0.29) is 0 Å². The molecule has 0 saturated heterocycles. The lowest BCUT2D eigenvalue weighted by atomic mass is 10.1. The highest BCUT2D eigenvalue weighted by Gasteiger charge is 2.08. The van der Waals surface area contributed by atoms with Crippen LogP contribution in [0.5, 0.6) is 0 Å². The number of hydrogen-bond donors (Lipinski definition) is 2. The number of benzene rings is 1. The molecular weight excluding hydrogens is 272 g/mol. The van der Waals surface area contributed by atoms with E-state index >= 15 is 0 Å². The highest BCUT2D eigenvalue weighted by Crippen LogP contribution is 2.02. The molecule has 0 aliphatic rings.